The summed E-state index contributed by atoms with van der Waals surface area (Å²) >= 11 is 0. The molecule has 0 saturated carbocycles. The number of anilines is 1. The minimum Gasteiger partial charge on any atom is -0.456 e. The van der Waals surface area contributed by atoms with Crippen molar-refractivity contribution in [2.45, 2.75) is 6.61 Å². The lowest BCUT2D eigenvalue weighted by Crippen LogP contribution is -2.12. The minimum absolute atomic E-state index is 0.162. The second kappa shape index (κ2) is 5.41. The molecule has 5 nitrogen and oxygen atoms in total. The summed E-state index contributed by atoms with van der Waals surface area (Å²) in [6, 6.07) is 11.6. The number of amides is 1. The van der Waals surface area contributed by atoms with Gasteiger partial charge < -0.3 is 21.3 Å². The van der Waals surface area contributed by atoms with Crippen molar-refractivity contribution in [3.8, 4) is 11.5 Å². The van der Waals surface area contributed by atoms with Gasteiger partial charge in [0, 0.05) is 17.3 Å². The van der Waals surface area contributed by atoms with Gasteiger partial charge in [-0.1, -0.05) is 18.2 Å². The number of rotatable bonds is 4. The number of hydrogen-bond donors (Lipinski definition) is 3. The van der Waals surface area contributed by atoms with Crippen LogP contribution in [0.5, 0.6) is 11.5 Å². The van der Waals surface area contributed by atoms with Crippen LogP contribution in [0.4, 0.5) is 5.69 Å². The number of hydrogen-bond acceptors (Lipinski definition) is 4. The van der Waals surface area contributed by atoms with Crippen molar-refractivity contribution >= 4 is 11.6 Å². The number of nitrogens with two attached hydrogens (primary N) is 2. The van der Waals surface area contributed by atoms with Gasteiger partial charge in [-0.05, 0) is 18.2 Å². The highest BCUT2D eigenvalue weighted by Gasteiger charge is 2.12. The highest BCUT2D eigenvalue weighted by Crippen LogP contribution is 2.29. The van der Waals surface area contributed by atoms with Crippen LogP contribution in [0.2, 0.25) is 0 Å². The number of benzene rings is 2. The zero-order valence-corrected chi connectivity index (χ0v) is 10.2. The number of ether oxygens (including phenoxy) is 1. The Morgan fingerprint density at radius 3 is 2.58 bits per heavy atom. The molecule has 5 N–H and O–H groups in total. The molecule has 0 fully saturated rings. The van der Waals surface area contributed by atoms with Gasteiger partial charge in [-0.2, -0.15) is 0 Å². The molecule has 98 valence electrons. The second-order valence-electron chi connectivity index (χ2n) is 3.99. The maximum absolute atomic E-state index is 11.3. The molecule has 0 saturated heterocycles. The Balaban J connectivity index is 2.42. The van der Waals surface area contributed by atoms with Crippen molar-refractivity contribution in [2.75, 3.05) is 5.73 Å². The van der Waals surface area contributed by atoms with E-state index in [0.29, 0.717) is 17.0 Å². The van der Waals surface area contributed by atoms with Crippen LogP contribution in [0, 0.1) is 0 Å². The fraction of sp³-hybridized carbons (Fsp3) is 0.0714. The van der Waals surface area contributed by atoms with Gasteiger partial charge in [0.2, 0.25) is 0 Å². The Morgan fingerprint density at radius 2 is 1.89 bits per heavy atom. The number of aliphatic hydroxyl groups is 1. The van der Waals surface area contributed by atoms with Gasteiger partial charge in [-0.3, -0.25) is 4.79 Å². The molecule has 5 heteroatoms. The Hall–Kier alpha value is -2.53. The van der Waals surface area contributed by atoms with E-state index in [1.807, 2.05) is 0 Å². The van der Waals surface area contributed by atoms with Crippen LogP contribution in [-0.2, 0) is 6.61 Å². The summed E-state index contributed by atoms with van der Waals surface area (Å²) in [6.07, 6.45) is 0. The molecule has 0 bridgehead atoms. The molecule has 0 aliphatic rings. The molecule has 0 aliphatic carbocycles. The monoisotopic (exact) mass is 258 g/mol. The molecule has 2 rings (SSSR count). The lowest BCUT2D eigenvalue weighted by atomic mass is 10.1. The maximum atomic E-state index is 11.3. The molecule has 0 radical (unpaired) electrons. The van der Waals surface area contributed by atoms with Gasteiger partial charge in [-0.15, -0.1) is 0 Å². The summed E-state index contributed by atoms with van der Waals surface area (Å²) in [7, 11) is 0. The molecule has 0 atom stereocenters. The summed E-state index contributed by atoms with van der Waals surface area (Å²) in [5.41, 5.74) is 12.3. The van der Waals surface area contributed by atoms with E-state index in [0.717, 1.165) is 0 Å². The van der Waals surface area contributed by atoms with Crippen LogP contribution < -0.4 is 16.2 Å². The first-order valence-electron chi connectivity index (χ1n) is 5.67. The lowest BCUT2D eigenvalue weighted by Gasteiger charge is -2.12. The molecule has 2 aromatic rings. The first-order valence-corrected chi connectivity index (χ1v) is 5.67. The Labute approximate surface area is 110 Å². The highest BCUT2D eigenvalue weighted by molar-refractivity contribution is 5.96. The van der Waals surface area contributed by atoms with Crippen molar-refractivity contribution in [2.24, 2.45) is 5.73 Å². The Kier molecular flexibility index (Phi) is 3.68. The van der Waals surface area contributed by atoms with E-state index >= 15 is 0 Å². The number of nitrogen functional groups attached to an aromatic ring is 1. The quantitative estimate of drug-likeness (QED) is 0.726. The standard InChI is InChI=1S/C14H14N2O3/c15-10-5-6-11(14(16)18)13(7-10)19-12-4-2-1-3-9(12)8-17/h1-7,17H,8,15H2,(H2,16,18). The number of primary amides is 1. The van der Waals surface area contributed by atoms with Crippen LogP contribution in [0.3, 0.4) is 0 Å². The van der Waals surface area contributed by atoms with Gasteiger partial charge in [0.1, 0.15) is 11.5 Å². The van der Waals surface area contributed by atoms with E-state index < -0.39 is 5.91 Å². The molecule has 2 aromatic carbocycles. The Bertz CT molecular complexity index is 611. The van der Waals surface area contributed by atoms with Crippen LogP contribution >= 0.6 is 0 Å². The molecule has 0 aliphatic heterocycles. The van der Waals surface area contributed by atoms with Gasteiger partial charge in [-0.25, -0.2) is 0 Å². The first-order chi connectivity index (χ1) is 9.11. The fourth-order valence-corrected chi connectivity index (χ4v) is 1.68. The minimum atomic E-state index is -0.600. The molecular formula is C14H14N2O3. The molecule has 0 spiro atoms. The van der Waals surface area contributed by atoms with Crippen LogP contribution in [0.25, 0.3) is 0 Å². The average Bonchev–Trinajstić information content (AvgIpc) is 2.39. The third-order valence-electron chi connectivity index (χ3n) is 2.63. The number of carbonyl (C=O) groups is 1. The average molecular weight is 258 g/mol. The zero-order chi connectivity index (χ0) is 13.8. The summed E-state index contributed by atoms with van der Waals surface area (Å²) in [5.74, 6) is 0.128. The third-order valence-corrected chi connectivity index (χ3v) is 2.63. The normalized spacial score (nSPS) is 10.2. The maximum Gasteiger partial charge on any atom is 0.252 e. The SMILES string of the molecule is NC(=O)c1ccc(N)cc1Oc1ccccc1CO. The van der Waals surface area contributed by atoms with E-state index in [1.165, 1.54) is 12.1 Å². The second-order valence-corrected chi connectivity index (χ2v) is 3.99. The summed E-state index contributed by atoms with van der Waals surface area (Å²) in [6.45, 7) is -0.162. The van der Waals surface area contributed by atoms with E-state index in [1.54, 1.807) is 30.3 Å². The fourth-order valence-electron chi connectivity index (χ4n) is 1.68. The topological polar surface area (TPSA) is 98.6 Å². The van der Waals surface area contributed by atoms with Crippen LogP contribution in [0.1, 0.15) is 15.9 Å². The van der Waals surface area contributed by atoms with Crippen LogP contribution in [0.15, 0.2) is 42.5 Å². The molecular weight excluding hydrogens is 244 g/mol. The summed E-state index contributed by atoms with van der Waals surface area (Å²) < 4.78 is 5.63. The predicted molar refractivity (Wildman–Crippen MR) is 71.8 cm³/mol. The largest absolute Gasteiger partial charge is 0.456 e. The third kappa shape index (κ3) is 2.83. The van der Waals surface area contributed by atoms with Gasteiger partial charge >= 0.3 is 0 Å². The number of para-hydroxylation sites is 1. The number of aliphatic hydroxyl groups excluding tert-OH is 1. The van der Waals surface area contributed by atoms with E-state index in [4.69, 9.17) is 16.2 Å². The van der Waals surface area contributed by atoms with Crippen molar-refractivity contribution in [3.05, 3.63) is 53.6 Å². The van der Waals surface area contributed by atoms with Crippen molar-refractivity contribution in [1.29, 1.82) is 0 Å². The van der Waals surface area contributed by atoms with E-state index in [9.17, 15) is 9.90 Å². The van der Waals surface area contributed by atoms with Crippen molar-refractivity contribution < 1.29 is 14.6 Å². The number of carbonyl (C=O) groups excluding carboxylic acids is 1. The van der Waals surface area contributed by atoms with Gasteiger partial charge in [0.15, 0.2) is 0 Å². The van der Waals surface area contributed by atoms with Crippen LogP contribution in [-0.4, -0.2) is 11.0 Å². The Morgan fingerprint density at radius 1 is 1.16 bits per heavy atom. The van der Waals surface area contributed by atoms with E-state index in [-0.39, 0.29) is 17.9 Å². The summed E-state index contributed by atoms with van der Waals surface area (Å²) in [5, 5.41) is 9.23. The molecule has 1 amide bonds. The predicted octanol–water partition coefficient (Wildman–Crippen LogP) is 1.65. The van der Waals surface area contributed by atoms with Gasteiger partial charge in [0.05, 0.1) is 12.2 Å². The molecule has 0 heterocycles. The summed E-state index contributed by atoms with van der Waals surface area (Å²) in [4.78, 5) is 11.3. The highest BCUT2D eigenvalue weighted by atomic mass is 16.5. The molecule has 19 heavy (non-hydrogen) atoms. The molecule has 0 unspecified atom stereocenters. The van der Waals surface area contributed by atoms with Crippen molar-refractivity contribution in [1.82, 2.24) is 0 Å². The van der Waals surface area contributed by atoms with Crippen molar-refractivity contribution in [3.63, 3.8) is 0 Å². The lowest BCUT2D eigenvalue weighted by molar-refractivity contribution is 0.0998. The first kappa shape index (κ1) is 12.9. The smallest absolute Gasteiger partial charge is 0.252 e. The van der Waals surface area contributed by atoms with Gasteiger partial charge in [0.25, 0.3) is 5.91 Å². The molecule has 0 aromatic heterocycles. The zero-order valence-electron chi connectivity index (χ0n) is 10.2. The van der Waals surface area contributed by atoms with E-state index in [2.05, 4.69) is 0 Å².